The highest BCUT2D eigenvalue weighted by Crippen LogP contribution is 2.71. The van der Waals surface area contributed by atoms with Crippen LogP contribution < -0.4 is 0 Å². The molecule has 0 aromatic heterocycles. The van der Waals surface area contributed by atoms with Crippen molar-refractivity contribution in [2.75, 3.05) is 26.4 Å². The van der Waals surface area contributed by atoms with Crippen molar-refractivity contribution in [1.82, 2.24) is 0 Å². The van der Waals surface area contributed by atoms with Crippen LogP contribution in [-0.4, -0.2) is 198 Å². The SMILES string of the molecule is CC(CO[C@H]1O[C@@H](CO)[C@H](O)[C@@H](O)[C@@H]1O)C[C@@]1(O)OC2CC3C4CC[C@@H]5CC(O[C@@H]6O[C@H](CO)[C@H](O)[C@H](O)[C@H]6O[C@@H]6O[C@H](CO)[C@@H](O)[C@H](O)[C@H]6O)CC[C@]5(C)C4CC[C@]3(C)C2C1C. The second-order valence-corrected chi connectivity index (χ2v) is 21.1. The predicted molar refractivity (Wildman–Crippen MR) is 214 cm³/mol. The topological polar surface area (TPSA) is 307 Å². The number of rotatable bonds is 12. The lowest BCUT2D eigenvalue weighted by atomic mass is 9.44. The van der Waals surface area contributed by atoms with E-state index >= 15 is 0 Å². The number of aliphatic hydroxyl groups is 12. The summed E-state index contributed by atoms with van der Waals surface area (Å²) in [4.78, 5) is 0. The van der Waals surface area contributed by atoms with Gasteiger partial charge in [0.2, 0.25) is 0 Å². The van der Waals surface area contributed by atoms with E-state index in [1.54, 1.807) is 0 Å². The number of hydrogen-bond donors (Lipinski definition) is 12. The van der Waals surface area contributed by atoms with Crippen molar-refractivity contribution >= 4 is 0 Å². The average molecular weight is 907 g/mol. The highest BCUT2D eigenvalue weighted by molar-refractivity contribution is 5.15. The van der Waals surface area contributed by atoms with Gasteiger partial charge in [0.25, 0.3) is 0 Å². The standard InChI is InChI=1S/C44H74O19/c1-18(17-57-39-36(54)33(51)30(48)26(14-45)59-39)13-44(56)19(2)29-25(63-44)12-24-22-6-5-20-11-21(7-9-42(20,3)23(22)8-10-43(24,29)4)58-41-38(35(53)32(50)28(16-47)61-41)62-40-37(55)34(52)31(49)27(15-46)60-40/h18-41,45-56H,5-17H2,1-4H3/t18?,19?,20-,21?,22?,23?,24?,25?,26+,27-,28-,29?,30+,31-,32+,33-,34+,35+,36+,37-,38-,39+,40+,41-,42+,43+,44-/m1/s1. The third-order valence-electron chi connectivity index (χ3n) is 17.6. The fraction of sp³-hybridized carbons (Fsp3) is 1.00. The summed E-state index contributed by atoms with van der Waals surface area (Å²) in [7, 11) is 0. The second-order valence-electron chi connectivity index (χ2n) is 21.1. The van der Waals surface area contributed by atoms with Gasteiger partial charge in [0.1, 0.15) is 73.2 Å². The summed E-state index contributed by atoms with van der Waals surface area (Å²) >= 11 is 0. The molecule has 63 heavy (non-hydrogen) atoms. The summed E-state index contributed by atoms with van der Waals surface area (Å²) in [6, 6.07) is 0. The van der Waals surface area contributed by atoms with E-state index < -0.39 is 118 Å². The average Bonchev–Trinajstić information content (AvgIpc) is 3.69. The van der Waals surface area contributed by atoms with Crippen molar-refractivity contribution in [3.8, 4) is 0 Å². The zero-order valence-electron chi connectivity index (χ0n) is 36.8. The van der Waals surface area contributed by atoms with Crippen LogP contribution in [0.2, 0.25) is 0 Å². The Bertz CT molecular complexity index is 1540. The zero-order valence-corrected chi connectivity index (χ0v) is 36.8. The first-order valence-corrected chi connectivity index (χ1v) is 23.4. The maximum Gasteiger partial charge on any atom is 0.187 e. The van der Waals surface area contributed by atoms with E-state index in [1.165, 1.54) is 0 Å². The molecule has 0 spiro atoms. The molecule has 0 aromatic rings. The Balaban J connectivity index is 0.886. The molecule has 19 heteroatoms. The van der Waals surface area contributed by atoms with Gasteiger partial charge in [-0.3, -0.25) is 0 Å². The van der Waals surface area contributed by atoms with Crippen molar-refractivity contribution in [1.29, 1.82) is 0 Å². The van der Waals surface area contributed by atoms with Gasteiger partial charge in [-0.2, -0.15) is 0 Å². The monoisotopic (exact) mass is 906 g/mol. The Morgan fingerprint density at radius 2 is 1.19 bits per heavy atom. The van der Waals surface area contributed by atoms with E-state index in [4.69, 9.17) is 33.2 Å². The fourth-order valence-corrected chi connectivity index (χ4v) is 14.1. The molecule has 8 unspecified atom stereocenters. The summed E-state index contributed by atoms with van der Waals surface area (Å²) in [6.07, 6.45) is -14.8. The van der Waals surface area contributed by atoms with Crippen LogP contribution in [0.25, 0.3) is 0 Å². The van der Waals surface area contributed by atoms with Crippen molar-refractivity contribution < 1.29 is 94.4 Å². The van der Waals surface area contributed by atoms with Crippen molar-refractivity contribution in [3.63, 3.8) is 0 Å². The van der Waals surface area contributed by atoms with Gasteiger partial charge < -0.3 is 94.4 Å². The molecule has 8 fully saturated rings. The van der Waals surface area contributed by atoms with Crippen LogP contribution in [0.1, 0.15) is 85.5 Å². The number of fused-ring (bicyclic) bond motifs is 7. The van der Waals surface area contributed by atoms with Crippen LogP contribution in [0.3, 0.4) is 0 Å². The third kappa shape index (κ3) is 8.48. The van der Waals surface area contributed by atoms with E-state index in [-0.39, 0.29) is 47.4 Å². The van der Waals surface area contributed by atoms with E-state index in [2.05, 4.69) is 20.8 Å². The van der Waals surface area contributed by atoms with Gasteiger partial charge in [0.15, 0.2) is 24.7 Å². The minimum atomic E-state index is -1.75. The van der Waals surface area contributed by atoms with E-state index in [1.807, 2.05) is 6.92 Å². The predicted octanol–water partition coefficient (Wildman–Crippen LogP) is -2.17. The lowest BCUT2D eigenvalue weighted by Crippen LogP contribution is -2.65. The van der Waals surface area contributed by atoms with Crippen LogP contribution in [0.4, 0.5) is 0 Å². The van der Waals surface area contributed by atoms with Crippen molar-refractivity contribution in [2.24, 2.45) is 52.3 Å². The molecule has 0 radical (unpaired) electrons. The molecule has 0 bridgehead atoms. The van der Waals surface area contributed by atoms with Crippen LogP contribution in [0.15, 0.2) is 0 Å². The molecule has 4 saturated carbocycles. The Kier molecular flexibility index (Phi) is 14.4. The van der Waals surface area contributed by atoms with Gasteiger partial charge in [-0.15, -0.1) is 0 Å². The van der Waals surface area contributed by atoms with Gasteiger partial charge >= 0.3 is 0 Å². The minimum absolute atomic E-state index is 0.0295. The van der Waals surface area contributed by atoms with Gasteiger partial charge in [0.05, 0.1) is 38.6 Å². The molecule has 8 aliphatic rings. The summed E-state index contributed by atoms with van der Waals surface area (Å²) in [5, 5.41) is 125. The van der Waals surface area contributed by atoms with Crippen LogP contribution in [0, 0.1) is 52.3 Å². The first kappa shape index (κ1) is 48.7. The molecule has 4 aliphatic carbocycles. The summed E-state index contributed by atoms with van der Waals surface area (Å²) < 4.78 is 42.0. The highest BCUT2D eigenvalue weighted by atomic mass is 16.8. The minimum Gasteiger partial charge on any atom is -0.394 e. The summed E-state index contributed by atoms with van der Waals surface area (Å²) in [5.74, 6) is 0.136. The molecule has 4 saturated heterocycles. The lowest BCUT2D eigenvalue weighted by molar-refractivity contribution is -0.373. The van der Waals surface area contributed by atoms with Crippen LogP contribution >= 0.6 is 0 Å². The maximum absolute atomic E-state index is 12.1. The normalized spacial score (nSPS) is 56.3. The molecule has 364 valence electrons. The van der Waals surface area contributed by atoms with Gasteiger partial charge in [-0.25, -0.2) is 0 Å². The summed E-state index contributed by atoms with van der Waals surface area (Å²) in [5.41, 5.74) is 0.00658. The van der Waals surface area contributed by atoms with E-state index in [0.717, 1.165) is 38.5 Å². The second kappa shape index (κ2) is 18.6. The molecule has 0 aromatic carbocycles. The smallest absolute Gasteiger partial charge is 0.187 e. The maximum atomic E-state index is 12.1. The molecule has 4 aliphatic heterocycles. The molecule has 4 heterocycles. The Morgan fingerprint density at radius 1 is 0.619 bits per heavy atom. The molecule has 19 nitrogen and oxygen atoms in total. The molecule has 12 N–H and O–H groups in total. The van der Waals surface area contributed by atoms with E-state index in [9.17, 15) is 61.3 Å². The van der Waals surface area contributed by atoms with Gasteiger partial charge in [-0.05, 0) is 97.7 Å². The number of hydrogen-bond acceptors (Lipinski definition) is 19. The largest absolute Gasteiger partial charge is 0.394 e. The number of aliphatic hydroxyl groups excluding tert-OH is 11. The van der Waals surface area contributed by atoms with Gasteiger partial charge in [-0.1, -0.05) is 27.7 Å². The number of ether oxygens (including phenoxy) is 7. The molecule has 8 rings (SSSR count). The lowest BCUT2D eigenvalue weighted by Gasteiger charge is -2.61. The van der Waals surface area contributed by atoms with Crippen molar-refractivity contribution in [3.05, 3.63) is 0 Å². The first-order chi connectivity index (χ1) is 29.8. The molecular formula is C44H74O19. The zero-order chi connectivity index (χ0) is 45.5. The Morgan fingerprint density at radius 3 is 1.83 bits per heavy atom. The third-order valence-corrected chi connectivity index (χ3v) is 17.6. The quantitative estimate of drug-likeness (QED) is 0.0928. The molecule has 27 atom stereocenters. The van der Waals surface area contributed by atoms with Crippen molar-refractivity contribution in [2.45, 2.75) is 196 Å². The molecular weight excluding hydrogens is 832 g/mol. The van der Waals surface area contributed by atoms with Gasteiger partial charge in [0, 0.05) is 12.3 Å². The van der Waals surface area contributed by atoms with Crippen LogP contribution in [0.5, 0.6) is 0 Å². The molecule has 0 amide bonds. The highest BCUT2D eigenvalue weighted by Gasteiger charge is 2.68. The summed E-state index contributed by atoms with van der Waals surface area (Å²) in [6.45, 7) is 7.07. The van der Waals surface area contributed by atoms with E-state index in [0.29, 0.717) is 42.9 Å². The fourth-order valence-electron chi connectivity index (χ4n) is 14.1. The first-order valence-electron chi connectivity index (χ1n) is 23.4. The Hall–Kier alpha value is -0.760. The van der Waals surface area contributed by atoms with Crippen LogP contribution in [-0.2, 0) is 33.2 Å². The Labute approximate surface area is 368 Å².